The summed E-state index contributed by atoms with van der Waals surface area (Å²) in [6.45, 7) is 0. The number of sulfone groups is 1. The van der Waals surface area contributed by atoms with E-state index in [0.717, 1.165) is 5.56 Å². The van der Waals surface area contributed by atoms with Crippen molar-refractivity contribution in [2.45, 2.75) is 9.79 Å². The first kappa shape index (κ1) is 20.6. The van der Waals surface area contributed by atoms with E-state index in [4.69, 9.17) is 16.3 Å². The van der Waals surface area contributed by atoms with Gasteiger partial charge in [0.15, 0.2) is 0 Å². The minimum absolute atomic E-state index is 0.0648. The Morgan fingerprint density at radius 2 is 1.83 bits per heavy atom. The molecule has 148 valence electrons. The second-order valence-electron chi connectivity index (χ2n) is 5.93. The van der Waals surface area contributed by atoms with Crippen LogP contribution in [0.5, 0.6) is 5.75 Å². The molecule has 0 radical (unpaired) electrons. The van der Waals surface area contributed by atoms with E-state index in [0.29, 0.717) is 10.7 Å². The third-order valence-corrected chi connectivity index (χ3v) is 6.06. The van der Waals surface area contributed by atoms with E-state index < -0.39 is 9.84 Å². The van der Waals surface area contributed by atoms with Gasteiger partial charge in [-0.3, -0.25) is 9.78 Å². The van der Waals surface area contributed by atoms with Gasteiger partial charge in [0.2, 0.25) is 15.7 Å². The average molecular weight is 429 g/mol. The Hall–Kier alpha value is -3.16. The summed E-state index contributed by atoms with van der Waals surface area (Å²) in [5.74, 6) is -0.0658. The van der Waals surface area contributed by atoms with Crippen LogP contribution in [0.1, 0.15) is 5.56 Å². The highest BCUT2D eigenvalue weighted by Crippen LogP contribution is 2.30. The molecule has 0 aliphatic heterocycles. The molecule has 2 aromatic carbocycles. The molecule has 1 heterocycles. The summed E-state index contributed by atoms with van der Waals surface area (Å²) >= 11 is 5.96. The quantitative estimate of drug-likeness (QED) is 0.594. The molecular weight excluding hydrogens is 412 g/mol. The highest BCUT2D eigenvalue weighted by molar-refractivity contribution is 7.91. The van der Waals surface area contributed by atoms with Crippen molar-refractivity contribution in [3.8, 4) is 5.75 Å². The number of carbonyl (C=O) groups is 1. The zero-order chi connectivity index (χ0) is 20.9. The van der Waals surface area contributed by atoms with Crippen molar-refractivity contribution in [3.05, 3.63) is 83.7 Å². The second-order valence-corrected chi connectivity index (χ2v) is 8.29. The molecule has 1 N–H and O–H groups in total. The van der Waals surface area contributed by atoms with Gasteiger partial charge in [-0.25, -0.2) is 8.42 Å². The normalized spacial score (nSPS) is 11.4. The first-order valence-electron chi connectivity index (χ1n) is 8.48. The van der Waals surface area contributed by atoms with Gasteiger partial charge in [0.05, 0.1) is 21.9 Å². The van der Waals surface area contributed by atoms with Crippen LogP contribution in [0, 0.1) is 0 Å². The predicted octanol–water partition coefficient (Wildman–Crippen LogP) is 4.23. The van der Waals surface area contributed by atoms with Crippen molar-refractivity contribution in [1.82, 2.24) is 4.98 Å². The molecule has 0 aliphatic rings. The van der Waals surface area contributed by atoms with E-state index in [1.54, 1.807) is 24.5 Å². The van der Waals surface area contributed by atoms with Crippen molar-refractivity contribution < 1.29 is 17.9 Å². The summed E-state index contributed by atoms with van der Waals surface area (Å²) in [5, 5.41) is 3.00. The number of hydrogen-bond donors (Lipinski definition) is 1. The Morgan fingerprint density at radius 3 is 2.48 bits per heavy atom. The molecule has 0 spiro atoms. The Kier molecular flexibility index (Phi) is 6.31. The molecule has 0 unspecified atom stereocenters. The van der Waals surface area contributed by atoms with Gasteiger partial charge in [0.1, 0.15) is 5.75 Å². The summed E-state index contributed by atoms with van der Waals surface area (Å²) in [5.41, 5.74) is 1.26. The largest absolute Gasteiger partial charge is 0.495 e. The lowest BCUT2D eigenvalue weighted by Gasteiger charge is -2.09. The molecule has 0 atom stereocenters. The Labute approximate surface area is 173 Å². The minimum atomic E-state index is -3.75. The van der Waals surface area contributed by atoms with Crippen LogP contribution in [0.15, 0.2) is 82.9 Å². The molecule has 29 heavy (non-hydrogen) atoms. The first-order chi connectivity index (χ1) is 13.9. The lowest BCUT2D eigenvalue weighted by atomic mass is 10.2. The maximum absolute atomic E-state index is 12.8. The van der Waals surface area contributed by atoms with Gasteiger partial charge < -0.3 is 10.1 Å². The topological polar surface area (TPSA) is 85.4 Å². The van der Waals surface area contributed by atoms with Crippen LogP contribution >= 0.6 is 11.6 Å². The summed E-state index contributed by atoms with van der Waals surface area (Å²) in [6, 6.07) is 13.8. The van der Waals surface area contributed by atoms with Crippen molar-refractivity contribution in [2.75, 3.05) is 12.4 Å². The predicted molar refractivity (Wildman–Crippen MR) is 112 cm³/mol. The monoisotopic (exact) mass is 428 g/mol. The molecular formula is C21H17ClN2O4S. The van der Waals surface area contributed by atoms with Gasteiger partial charge in [0, 0.05) is 30.2 Å². The summed E-state index contributed by atoms with van der Waals surface area (Å²) in [7, 11) is -2.34. The molecule has 0 saturated heterocycles. The lowest BCUT2D eigenvalue weighted by molar-refractivity contribution is -0.111. The third-order valence-electron chi connectivity index (χ3n) is 3.98. The van der Waals surface area contributed by atoms with Gasteiger partial charge in [0.25, 0.3) is 0 Å². The molecule has 8 heteroatoms. The van der Waals surface area contributed by atoms with Crippen LogP contribution in [-0.4, -0.2) is 26.4 Å². The van der Waals surface area contributed by atoms with Gasteiger partial charge in [-0.05, 0) is 54.1 Å². The van der Waals surface area contributed by atoms with E-state index in [2.05, 4.69) is 10.3 Å². The van der Waals surface area contributed by atoms with Gasteiger partial charge in [-0.1, -0.05) is 17.7 Å². The number of nitrogens with one attached hydrogen (secondary N) is 1. The third kappa shape index (κ3) is 5.01. The average Bonchev–Trinajstić information content (AvgIpc) is 2.73. The van der Waals surface area contributed by atoms with Crippen molar-refractivity contribution in [1.29, 1.82) is 0 Å². The number of carbonyl (C=O) groups excluding carboxylic acids is 1. The molecule has 6 nitrogen and oxygen atoms in total. The maximum atomic E-state index is 12.8. The van der Waals surface area contributed by atoms with Crippen molar-refractivity contribution >= 4 is 39.1 Å². The molecule has 3 aromatic rings. The van der Waals surface area contributed by atoms with E-state index in [9.17, 15) is 13.2 Å². The smallest absolute Gasteiger partial charge is 0.248 e. The van der Waals surface area contributed by atoms with Crippen LogP contribution in [0.25, 0.3) is 6.08 Å². The van der Waals surface area contributed by atoms with Crippen LogP contribution in [0.2, 0.25) is 5.02 Å². The van der Waals surface area contributed by atoms with Crippen LogP contribution in [0.3, 0.4) is 0 Å². The molecule has 1 aromatic heterocycles. The van der Waals surface area contributed by atoms with Gasteiger partial charge in [-0.2, -0.15) is 0 Å². The fourth-order valence-corrected chi connectivity index (χ4v) is 3.96. The van der Waals surface area contributed by atoms with Crippen LogP contribution in [-0.2, 0) is 14.6 Å². The molecule has 0 aliphatic carbocycles. The summed E-state index contributed by atoms with van der Waals surface area (Å²) in [6.07, 6.45) is 6.29. The summed E-state index contributed by atoms with van der Waals surface area (Å²) in [4.78, 5) is 16.1. The number of rotatable bonds is 6. The van der Waals surface area contributed by atoms with E-state index in [1.807, 2.05) is 6.07 Å². The van der Waals surface area contributed by atoms with E-state index in [1.165, 1.54) is 55.7 Å². The fourth-order valence-electron chi connectivity index (χ4n) is 2.49. The van der Waals surface area contributed by atoms with E-state index in [-0.39, 0.29) is 21.4 Å². The Balaban J connectivity index is 1.74. The Bertz CT molecular complexity index is 1150. The number of methoxy groups -OCH3 is 1. The van der Waals surface area contributed by atoms with Gasteiger partial charge in [-0.15, -0.1) is 0 Å². The fraction of sp³-hybridized carbons (Fsp3) is 0.0476. The number of amides is 1. The van der Waals surface area contributed by atoms with E-state index >= 15 is 0 Å². The summed E-state index contributed by atoms with van der Waals surface area (Å²) < 4.78 is 30.7. The maximum Gasteiger partial charge on any atom is 0.248 e. The number of ether oxygens (including phenoxy) is 1. The second kappa shape index (κ2) is 8.89. The molecule has 0 fully saturated rings. The molecule has 3 rings (SSSR count). The SMILES string of the molecule is COc1cc(S(=O)(=O)c2ccc(NC(=O)C=Cc3cccnc3)cc2)ccc1Cl. The highest BCUT2D eigenvalue weighted by Gasteiger charge is 2.19. The number of pyridine rings is 1. The zero-order valence-corrected chi connectivity index (χ0v) is 16.9. The number of anilines is 1. The van der Waals surface area contributed by atoms with Crippen molar-refractivity contribution in [2.24, 2.45) is 0 Å². The van der Waals surface area contributed by atoms with Crippen molar-refractivity contribution in [3.63, 3.8) is 0 Å². The molecule has 0 bridgehead atoms. The molecule has 1 amide bonds. The number of halogens is 1. The standard InChI is InChI=1S/C21H17ClN2O4S/c1-28-20-13-18(9-10-19(20)22)29(26,27)17-7-5-16(6-8-17)24-21(25)11-4-15-3-2-12-23-14-15/h2-14H,1H3,(H,24,25). The Morgan fingerprint density at radius 1 is 1.10 bits per heavy atom. The highest BCUT2D eigenvalue weighted by atomic mass is 35.5. The zero-order valence-electron chi connectivity index (χ0n) is 15.4. The molecule has 0 saturated carbocycles. The lowest BCUT2D eigenvalue weighted by Crippen LogP contribution is -2.08. The minimum Gasteiger partial charge on any atom is -0.495 e. The first-order valence-corrected chi connectivity index (χ1v) is 10.3. The number of aromatic nitrogens is 1. The van der Waals surface area contributed by atoms with Gasteiger partial charge >= 0.3 is 0 Å². The van der Waals surface area contributed by atoms with Crippen LogP contribution in [0.4, 0.5) is 5.69 Å². The van der Waals surface area contributed by atoms with Crippen LogP contribution < -0.4 is 10.1 Å². The number of nitrogens with zero attached hydrogens (tertiary/aromatic N) is 1. The number of benzene rings is 2. The number of hydrogen-bond acceptors (Lipinski definition) is 5.